The standard InChI is InChI=1S/C43H80O10/c1-3-5-7-9-11-13-15-17-18-20-21-23-25-27-29-31-38(45)50-34-36(35-51-43-42(49)41(48)40(47)37(33-44)53-43)52-39(46)32-30-28-26-24-22-19-16-14-12-10-8-6-4-2/h17-18,36-37,40-44,47-49H,3-16,19-35H2,1-2H3/b18-17-/t36?,37-,40-,41+,42-,43?/m1/s1. The zero-order chi connectivity index (χ0) is 38.8. The van der Waals surface area contributed by atoms with Crippen molar-refractivity contribution in [2.75, 3.05) is 19.8 Å². The summed E-state index contributed by atoms with van der Waals surface area (Å²) in [6.45, 7) is 3.41. The predicted octanol–water partition coefficient (Wildman–Crippen LogP) is 8.78. The van der Waals surface area contributed by atoms with Crippen molar-refractivity contribution in [1.82, 2.24) is 0 Å². The molecule has 0 spiro atoms. The molecule has 1 aliphatic heterocycles. The second-order valence-electron chi connectivity index (χ2n) is 15.2. The Morgan fingerprint density at radius 1 is 0.566 bits per heavy atom. The maximum Gasteiger partial charge on any atom is 0.306 e. The first-order valence-electron chi connectivity index (χ1n) is 21.8. The highest BCUT2D eigenvalue weighted by Gasteiger charge is 2.44. The van der Waals surface area contributed by atoms with Crippen LogP contribution >= 0.6 is 0 Å². The Morgan fingerprint density at radius 2 is 1.00 bits per heavy atom. The van der Waals surface area contributed by atoms with Crippen molar-refractivity contribution >= 4 is 11.9 Å². The van der Waals surface area contributed by atoms with Crippen LogP contribution in [0, 0.1) is 0 Å². The first-order chi connectivity index (χ1) is 25.8. The first-order valence-corrected chi connectivity index (χ1v) is 21.8. The van der Waals surface area contributed by atoms with Crippen molar-refractivity contribution in [2.45, 2.75) is 230 Å². The molecule has 2 unspecified atom stereocenters. The minimum Gasteiger partial charge on any atom is -0.462 e. The van der Waals surface area contributed by atoms with Crippen LogP contribution in [0.3, 0.4) is 0 Å². The van der Waals surface area contributed by atoms with Crippen molar-refractivity contribution in [2.24, 2.45) is 0 Å². The van der Waals surface area contributed by atoms with Gasteiger partial charge in [-0.2, -0.15) is 0 Å². The number of aliphatic hydroxyl groups is 4. The number of esters is 2. The number of unbranched alkanes of at least 4 members (excludes halogenated alkanes) is 23. The van der Waals surface area contributed by atoms with Crippen LogP contribution in [0.4, 0.5) is 0 Å². The molecule has 0 amide bonds. The van der Waals surface area contributed by atoms with Crippen LogP contribution < -0.4 is 0 Å². The number of rotatable bonds is 36. The molecule has 10 nitrogen and oxygen atoms in total. The Morgan fingerprint density at radius 3 is 1.47 bits per heavy atom. The minimum absolute atomic E-state index is 0.217. The number of ether oxygens (including phenoxy) is 4. The van der Waals surface area contributed by atoms with Gasteiger partial charge in [-0.1, -0.05) is 154 Å². The quantitative estimate of drug-likeness (QED) is 0.0277. The van der Waals surface area contributed by atoms with Crippen LogP contribution in [-0.2, 0) is 28.5 Å². The van der Waals surface area contributed by atoms with Gasteiger partial charge in [-0.25, -0.2) is 0 Å². The van der Waals surface area contributed by atoms with Gasteiger partial charge in [-0.05, 0) is 38.5 Å². The molecular weight excluding hydrogens is 676 g/mol. The van der Waals surface area contributed by atoms with Gasteiger partial charge in [0.15, 0.2) is 12.4 Å². The van der Waals surface area contributed by atoms with E-state index in [1.54, 1.807) is 0 Å². The highest BCUT2D eigenvalue weighted by atomic mass is 16.7. The van der Waals surface area contributed by atoms with Gasteiger partial charge in [0.05, 0.1) is 13.2 Å². The molecule has 0 saturated carbocycles. The molecule has 4 N–H and O–H groups in total. The van der Waals surface area contributed by atoms with Crippen molar-refractivity contribution in [1.29, 1.82) is 0 Å². The molecule has 0 aromatic heterocycles. The van der Waals surface area contributed by atoms with Gasteiger partial charge < -0.3 is 39.4 Å². The minimum atomic E-state index is -1.59. The monoisotopic (exact) mass is 757 g/mol. The van der Waals surface area contributed by atoms with Gasteiger partial charge in [0.1, 0.15) is 31.0 Å². The fourth-order valence-corrected chi connectivity index (χ4v) is 6.65. The molecule has 0 radical (unpaired) electrons. The summed E-state index contributed by atoms with van der Waals surface area (Å²) in [6, 6.07) is 0. The number of hydrogen-bond acceptors (Lipinski definition) is 10. The molecule has 1 rings (SSSR count). The Bertz CT molecular complexity index is 881. The van der Waals surface area contributed by atoms with E-state index in [1.807, 2.05) is 0 Å². The number of hydrogen-bond donors (Lipinski definition) is 4. The van der Waals surface area contributed by atoms with Crippen LogP contribution in [0.1, 0.15) is 194 Å². The molecule has 53 heavy (non-hydrogen) atoms. The largest absolute Gasteiger partial charge is 0.462 e. The number of aliphatic hydroxyl groups excluding tert-OH is 4. The zero-order valence-corrected chi connectivity index (χ0v) is 33.8. The van der Waals surface area contributed by atoms with Crippen LogP contribution in [0.5, 0.6) is 0 Å². The normalized spacial score (nSPS) is 20.9. The summed E-state index contributed by atoms with van der Waals surface area (Å²) in [5.74, 6) is -0.809. The fraction of sp³-hybridized carbons (Fsp3) is 0.907. The van der Waals surface area contributed by atoms with E-state index in [9.17, 15) is 30.0 Å². The lowest BCUT2D eigenvalue weighted by Crippen LogP contribution is -2.59. The molecular formula is C43H80O10. The summed E-state index contributed by atoms with van der Waals surface area (Å²) in [5, 5.41) is 40.0. The summed E-state index contributed by atoms with van der Waals surface area (Å²) >= 11 is 0. The lowest BCUT2D eigenvalue weighted by Gasteiger charge is -2.39. The highest BCUT2D eigenvalue weighted by Crippen LogP contribution is 2.23. The second kappa shape index (κ2) is 34.9. The van der Waals surface area contributed by atoms with Gasteiger partial charge in [-0.15, -0.1) is 0 Å². The van der Waals surface area contributed by atoms with Gasteiger partial charge in [0.25, 0.3) is 0 Å². The van der Waals surface area contributed by atoms with Gasteiger partial charge in [-0.3, -0.25) is 9.59 Å². The first kappa shape index (κ1) is 49.5. The predicted molar refractivity (Wildman–Crippen MR) is 210 cm³/mol. The molecule has 0 aromatic carbocycles. The molecule has 6 atom stereocenters. The van der Waals surface area contributed by atoms with E-state index in [-0.39, 0.29) is 32.0 Å². The highest BCUT2D eigenvalue weighted by molar-refractivity contribution is 5.70. The maximum absolute atomic E-state index is 12.7. The fourth-order valence-electron chi connectivity index (χ4n) is 6.65. The Balaban J connectivity index is 2.34. The molecule has 1 fully saturated rings. The smallest absolute Gasteiger partial charge is 0.306 e. The molecule has 0 aliphatic carbocycles. The summed E-state index contributed by atoms with van der Waals surface area (Å²) < 4.78 is 22.1. The molecule has 0 aromatic rings. The summed E-state index contributed by atoms with van der Waals surface area (Å²) in [5.41, 5.74) is 0. The van der Waals surface area contributed by atoms with E-state index in [0.29, 0.717) is 6.42 Å². The molecule has 1 heterocycles. The third-order valence-electron chi connectivity index (χ3n) is 10.2. The van der Waals surface area contributed by atoms with Gasteiger partial charge in [0.2, 0.25) is 0 Å². The van der Waals surface area contributed by atoms with Crippen LogP contribution in [-0.4, -0.2) is 89.0 Å². The van der Waals surface area contributed by atoms with Crippen molar-refractivity contribution < 1.29 is 49.0 Å². The maximum atomic E-state index is 12.7. The average molecular weight is 757 g/mol. The number of carbonyl (C=O) groups excluding carboxylic acids is 2. The molecule has 312 valence electrons. The third kappa shape index (κ3) is 26.8. The Hall–Kier alpha value is -1.56. The lowest BCUT2D eigenvalue weighted by atomic mass is 9.99. The molecule has 10 heteroatoms. The van der Waals surface area contributed by atoms with Crippen molar-refractivity contribution in [3.63, 3.8) is 0 Å². The van der Waals surface area contributed by atoms with Crippen molar-refractivity contribution in [3.05, 3.63) is 12.2 Å². The topological polar surface area (TPSA) is 152 Å². The third-order valence-corrected chi connectivity index (χ3v) is 10.2. The van der Waals surface area contributed by atoms with E-state index in [0.717, 1.165) is 57.8 Å². The zero-order valence-electron chi connectivity index (χ0n) is 33.8. The molecule has 1 saturated heterocycles. The van der Waals surface area contributed by atoms with E-state index in [2.05, 4.69) is 26.0 Å². The number of allylic oxidation sites excluding steroid dienone is 2. The second-order valence-corrected chi connectivity index (χ2v) is 15.2. The molecule has 0 bridgehead atoms. The van der Waals surface area contributed by atoms with E-state index >= 15 is 0 Å². The van der Waals surface area contributed by atoms with Crippen LogP contribution in [0.2, 0.25) is 0 Å². The van der Waals surface area contributed by atoms with Gasteiger partial charge in [0, 0.05) is 12.8 Å². The van der Waals surface area contributed by atoms with Crippen LogP contribution in [0.25, 0.3) is 0 Å². The average Bonchev–Trinajstić information content (AvgIpc) is 3.15. The van der Waals surface area contributed by atoms with Crippen molar-refractivity contribution in [3.8, 4) is 0 Å². The van der Waals surface area contributed by atoms with E-state index in [1.165, 1.54) is 103 Å². The summed E-state index contributed by atoms with van der Waals surface area (Å²) in [6.07, 6.45) is 27.9. The SMILES string of the molecule is CCCCCCCC/C=C\CCCCCCCC(=O)OCC(COC1O[C@H](CO)[C@@H](O)[C@H](O)[C@H]1O)OC(=O)CCCCCCCCCCCCCCC. The van der Waals surface area contributed by atoms with Crippen LogP contribution in [0.15, 0.2) is 12.2 Å². The Labute approximate surface area is 322 Å². The van der Waals surface area contributed by atoms with Gasteiger partial charge >= 0.3 is 11.9 Å². The summed E-state index contributed by atoms with van der Waals surface area (Å²) in [4.78, 5) is 25.3. The molecule has 1 aliphatic rings. The number of carbonyl (C=O) groups is 2. The Kier molecular flexibility index (Phi) is 32.6. The van der Waals surface area contributed by atoms with E-state index in [4.69, 9.17) is 18.9 Å². The van der Waals surface area contributed by atoms with E-state index < -0.39 is 49.4 Å². The summed E-state index contributed by atoms with van der Waals surface area (Å²) in [7, 11) is 0. The lowest BCUT2D eigenvalue weighted by molar-refractivity contribution is -0.305.